The van der Waals surface area contributed by atoms with Gasteiger partial charge in [0.25, 0.3) is 11.4 Å². The summed E-state index contributed by atoms with van der Waals surface area (Å²) in [6, 6.07) is 38.5. The second-order valence-electron chi connectivity index (χ2n) is 11.9. The molecule has 0 saturated carbocycles. The average Bonchev–Trinajstić information content (AvgIpc) is 3.22. The third-order valence-corrected chi connectivity index (χ3v) is 8.27. The SMILES string of the molecule is O=C(O[C@H](C(=O)c1ccccc1)c1ccc([N+](=O)[O-])cc1)c1ccc(Oc2ccc(C(=O)O[C@@H](C(=O)c3ccccc3)c3ccc([N+](=O)[O-])cc3)cc2)cc1. The van der Waals surface area contributed by atoms with Gasteiger partial charge in [0.15, 0.2) is 12.2 Å². The second-order valence-corrected chi connectivity index (χ2v) is 11.9. The van der Waals surface area contributed by atoms with Crippen LogP contribution in [0.25, 0.3) is 0 Å². The third-order valence-electron chi connectivity index (χ3n) is 8.27. The van der Waals surface area contributed by atoms with Gasteiger partial charge < -0.3 is 14.2 Å². The van der Waals surface area contributed by atoms with Crippen molar-refractivity contribution in [1.82, 2.24) is 0 Å². The van der Waals surface area contributed by atoms with Crippen molar-refractivity contribution in [1.29, 1.82) is 0 Å². The van der Waals surface area contributed by atoms with Crippen molar-refractivity contribution < 1.29 is 43.2 Å². The van der Waals surface area contributed by atoms with Crippen LogP contribution in [0, 0.1) is 20.2 Å². The van der Waals surface area contributed by atoms with Gasteiger partial charge in [-0.05, 0) is 72.8 Å². The lowest BCUT2D eigenvalue weighted by molar-refractivity contribution is -0.385. The molecule has 2 atom stereocenters. The van der Waals surface area contributed by atoms with Crippen LogP contribution < -0.4 is 4.74 Å². The Balaban J connectivity index is 1.13. The number of nitrogens with zero attached hydrogens (tertiary/aromatic N) is 2. The highest BCUT2D eigenvalue weighted by Crippen LogP contribution is 2.29. The van der Waals surface area contributed by atoms with E-state index in [2.05, 4.69) is 0 Å². The molecular formula is C42H28N2O11. The fourth-order valence-corrected chi connectivity index (χ4v) is 5.40. The van der Waals surface area contributed by atoms with Crippen LogP contribution >= 0.6 is 0 Å². The van der Waals surface area contributed by atoms with Gasteiger partial charge in [0.1, 0.15) is 11.5 Å². The minimum atomic E-state index is -1.38. The number of esters is 2. The van der Waals surface area contributed by atoms with Crippen LogP contribution in [0.1, 0.15) is 64.8 Å². The maximum Gasteiger partial charge on any atom is 0.339 e. The molecule has 272 valence electrons. The Bertz CT molecular complexity index is 2180. The number of carbonyl (C=O) groups excluding carboxylic acids is 4. The van der Waals surface area contributed by atoms with E-state index in [9.17, 15) is 39.4 Å². The maximum absolute atomic E-state index is 13.4. The van der Waals surface area contributed by atoms with Crippen molar-refractivity contribution >= 4 is 34.9 Å². The van der Waals surface area contributed by atoms with Gasteiger partial charge >= 0.3 is 11.9 Å². The molecule has 6 rings (SSSR count). The Morgan fingerprint density at radius 3 is 1.05 bits per heavy atom. The van der Waals surface area contributed by atoms with Crippen LogP contribution in [0.3, 0.4) is 0 Å². The van der Waals surface area contributed by atoms with Crippen LogP contribution in [0.4, 0.5) is 11.4 Å². The average molecular weight is 737 g/mol. The first kappa shape index (κ1) is 37.0. The summed E-state index contributed by atoms with van der Waals surface area (Å²) < 4.78 is 17.2. The summed E-state index contributed by atoms with van der Waals surface area (Å²) >= 11 is 0. The van der Waals surface area contributed by atoms with Crippen molar-refractivity contribution in [2.75, 3.05) is 0 Å². The number of benzene rings is 6. The maximum atomic E-state index is 13.4. The summed E-state index contributed by atoms with van der Waals surface area (Å²) in [6.45, 7) is 0. The Hall–Kier alpha value is -7.80. The molecule has 13 heteroatoms. The van der Waals surface area contributed by atoms with E-state index in [1.807, 2.05) is 0 Å². The predicted octanol–water partition coefficient (Wildman–Crippen LogP) is 8.86. The molecule has 0 heterocycles. The number of carbonyl (C=O) groups is 4. The van der Waals surface area contributed by atoms with Crippen molar-refractivity contribution in [2.45, 2.75) is 12.2 Å². The van der Waals surface area contributed by atoms with E-state index < -0.39 is 45.6 Å². The summed E-state index contributed by atoms with van der Waals surface area (Å²) in [5.74, 6) is -2.02. The lowest BCUT2D eigenvalue weighted by Crippen LogP contribution is -2.20. The fourth-order valence-electron chi connectivity index (χ4n) is 5.40. The number of Topliss-reactive ketones (excluding diaryl/α,β-unsaturated/α-hetero) is 2. The third kappa shape index (κ3) is 8.99. The van der Waals surface area contributed by atoms with E-state index in [0.29, 0.717) is 11.5 Å². The molecule has 0 N–H and O–H groups in total. The molecule has 0 amide bonds. The summed E-state index contributed by atoms with van der Waals surface area (Å²) in [5.41, 5.74) is 0.911. The first-order valence-corrected chi connectivity index (χ1v) is 16.5. The number of ether oxygens (including phenoxy) is 3. The molecule has 0 radical (unpaired) electrons. The molecule has 13 nitrogen and oxygen atoms in total. The minimum absolute atomic E-state index is 0.103. The number of nitro groups is 2. The molecule has 55 heavy (non-hydrogen) atoms. The predicted molar refractivity (Wildman–Crippen MR) is 197 cm³/mol. The zero-order chi connectivity index (χ0) is 38.9. The fraction of sp³-hybridized carbons (Fsp3) is 0.0476. The number of nitro benzene ring substituents is 2. The van der Waals surface area contributed by atoms with Crippen molar-refractivity contribution in [3.05, 3.63) is 211 Å². The molecule has 6 aromatic carbocycles. The van der Waals surface area contributed by atoms with Crippen molar-refractivity contribution in [3.8, 4) is 11.5 Å². The molecule has 0 aliphatic rings. The van der Waals surface area contributed by atoms with Gasteiger partial charge in [-0.1, -0.05) is 60.7 Å². The molecule has 0 aliphatic heterocycles. The zero-order valence-electron chi connectivity index (χ0n) is 28.6. The van der Waals surface area contributed by atoms with Gasteiger partial charge in [-0.2, -0.15) is 0 Å². The van der Waals surface area contributed by atoms with Crippen LogP contribution in [-0.4, -0.2) is 33.4 Å². The van der Waals surface area contributed by atoms with Crippen LogP contribution in [0.5, 0.6) is 11.5 Å². The molecule has 0 aliphatic carbocycles. The molecule has 0 spiro atoms. The first-order valence-electron chi connectivity index (χ1n) is 16.5. The Kier molecular flexibility index (Phi) is 11.2. The van der Waals surface area contributed by atoms with Gasteiger partial charge in [0.2, 0.25) is 11.6 Å². The number of ketones is 2. The van der Waals surface area contributed by atoms with E-state index in [-0.39, 0.29) is 44.8 Å². The minimum Gasteiger partial charge on any atom is -0.457 e. The first-order chi connectivity index (χ1) is 26.6. The normalized spacial score (nSPS) is 11.7. The molecule has 0 bridgehead atoms. The molecule has 0 unspecified atom stereocenters. The second kappa shape index (κ2) is 16.7. The number of hydrogen-bond donors (Lipinski definition) is 0. The highest BCUT2D eigenvalue weighted by atomic mass is 16.6. The van der Waals surface area contributed by atoms with Crippen LogP contribution in [-0.2, 0) is 9.47 Å². The molecule has 0 fully saturated rings. The van der Waals surface area contributed by atoms with E-state index in [4.69, 9.17) is 14.2 Å². The van der Waals surface area contributed by atoms with Crippen LogP contribution in [0.2, 0.25) is 0 Å². The van der Waals surface area contributed by atoms with E-state index >= 15 is 0 Å². The van der Waals surface area contributed by atoms with Gasteiger partial charge in [0.05, 0.1) is 21.0 Å². The van der Waals surface area contributed by atoms with Gasteiger partial charge in [0, 0.05) is 46.5 Å². The quantitative estimate of drug-likeness (QED) is 0.0451. The summed E-state index contributed by atoms with van der Waals surface area (Å²) in [5, 5.41) is 22.3. The largest absolute Gasteiger partial charge is 0.457 e. The van der Waals surface area contributed by atoms with Crippen molar-refractivity contribution in [3.63, 3.8) is 0 Å². The highest BCUT2D eigenvalue weighted by Gasteiger charge is 2.29. The molecule has 0 aromatic heterocycles. The monoisotopic (exact) mass is 736 g/mol. The summed E-state index contributed by atoms with van der Waals surface area (Å²) in [7, 11) is 0. The number of hydrogen-bond acceptors (Lipinski definition) is 11. The lowest BCUT2D eigenvalue weighted by atomic mass is 9.99. The lowest BCUT2D eigenvalue weighted by Gasteiger charge is -2.18. The van der Waals surface area contributed by atoms with Gasteiger partial charge in [-0.25, -0.2) is 9.59 Å². The smallest absolute Gasteiger partial charge is 0.339 e. The molecular weight excluding hydrogens is 708 g/mol. The van der Waals surface area contributed by atoms with E-state index in [0.717, 1.165) is 0 Å². The highest BCUT2D eigenvalue weighted by molar-refractivity contribution is 6.03. The number of non-ortho nitro benzene ring substituents is 2. The van der Waals surface area contributed by atoms with Crippen LogP contribution in [0.15, 0.2) is 158 Å². The molecule has 0 saturated heterocycles. The zero-order valence-corrected chi connectivity index (χ0v) is 28.6. The Morgan fingerprint density at radius 1 is 0.418 bits per heavy atom. The van der Waals surface area contributed by atoms with Gasteiger partial charge in [-0.3, -0.25) is 29.8 Å². The Morgan fingerprint density at radius 2 is 0.745 bits per heavy atom. The summed E-state index contributed by atoms with van der Waals surface area (Å²) in [6.07, 6.45) is -2.75. The van der Waals surface area contributed by atoms with E-state index in [1.165, 1.54) is 97.1 Å². The summed E-state index contributed by atoms with van der Waals surface area (Å²) in [4.78, 5) is 74.4. The topological polar surface area (TPSA) is 182 Å². The van der Waals surface area contributed by atoms with E-state index in [1.54, 1.807) is 60.7 Å². The van der Waals surface area contributed by atoms with Gasteiger partial charge in [-0.15, -0.1) is 0 Å². The number of rotatable bonds is 14. The molecule has 6 aromatic rings. The standard InChI is InChI=1S/C42H28N2O11/c45-37(27-7-3-1-4-8-27)39(29-11-19-33(20-12-29)43(49)50)54-41(47)31-15-23-35(24-16-31)53-36-25-17-32(18-26-36)42(48)55-40(38(46)28-9-5-2-6-10-28)30-13-21-34(22-14-30)44(51)52/h1-26,39-40H/t39-,40+. The van der Waals surface area contributed by atoms with Crippen molar-refractivity contribution in [2.24, 2.45) is 0 Å². The Labute approximate surface area is 312 Å².